The molecule has 31 heavy (non-hydrogen) atoms. The van der Waals surface area contributed by atoms with Crippen LogP contribution in [0.4, 0.5) is 4.39 Å². The van der Waals surface area contributed by atoms with E-state index in [1.165, 1.54) is 12.1 Å². The summed E-state index contributed by atoms with van der Waals surface area (Å²) in [5, 5.41) is 8.62. The first kappa shape index (κ1) is 20.7. The molecule has 0 fully saturated rings. The Bertz CT molecular complexity index is 1230. The predicted octanol–water partition coefficient (Wildman–Crippen LogP) is 5.45. The van der Waals surface area contributed by atoms with Crippen LogP contribution in [0, 0.1) is 12.7 Å². The maximum atomic E-state index is 14.0. The Morgan fingerprint density at radius 2 is 1.90 bits per heavy atom. The molecule has 5 nitrogen and oxygen atoms in total. The molecule has 0 unspecified atom stereocenters. The van der Waals surface area contributed by atoms with Gasteiger partial charge in [0.25, 0.3) is 5.91 Å². The highest BCUT2D eigenvalue weighted by Gasteiger charge is 2.21. The Balaban J connectivity index is 1.91. The summed E-state index contributed by atoms with van der Waals surface area (Å²) in [6.07, 6.45) is 1.88. The van der Waals surface area contributed by atoms with Crippen LogP contribution in [-0.4, -0.2) is 26.7 Å². The molecule has 6 heteroatoms. The van der Waals surface area contributed by atoms with Crippen LogP contribution < -0.4 is 5.32 Å². The molecule has 0 spiro atoms. The Morgan fingerprint density at radius 1 is 1.13 bits per heavy atom. The van der Waals surface area contributed by atoms with E-state index in [1.54, 1.807) is 22.9 Å². The first-order valence-electron chi connectivity index (χ1n) is 10.5. The third-order valence-electron chi connectivity index (χ3n) is 5.27. The van der Waals surface area contributed by atoms with Crippen LogP contribution in [0.1, 0.15) is 42.7 Å². The minimum absolute atomic E-state index is 0.0586. The lowest BCUT2D eigenvalue weighted by Crippen LogP contribution is -2.33. The average Bonchev–Trinajstić information content (AvgIpc) is 3.15. The normalized spacial score (nSPS) is 12.1. The Morgan fingerprint density at radius 3 is 2.61 bits per heavy atom. The standard InChI is InChI=1S/C25H25FN4O/c1-4-9-17(3)27-25(31)21-14-16(2)22-23(18-10-6-5-7-11-18)29-30(24(22)28-21)20-13-8-12-19(26)15-20/h5-8,10-15,17H,4,9H2,1-3H3,(H,27,31)/t17-/m0/s1. The number of pyridine rings is 1. The van der Waals surface area contributed by atoms with Crippen molar-refractivity contribution < 1.29 is 9.18 Å². The average molecular weight is 417 g/mol. The maximum absolute atomic E-state index is 14.0. The second-order valence-electron chi connectivity index (χ2n) is 7.79. The van der Waals surface area contributed by atoms with Gasteiger partial charge in [0.15, 0.2) is 5.65 Å². The number of fused-ring (bicyclic) bond motifs is 1. The van der Waals surface area contributed by atoms with Gasteiger partial charge in [0.05, 0.1) is 11.1 Å². The number of benzene rings is 2. The molecule has 0 aliphatic heterocycles. The van der Waals surface area contributed by atoms with E-state index in [0.717, 1.165) is 35.0 Å². The fourth-order valence-corrected chi connectivity index (χ4v) is 3.80. The quantitative estimate of drug-likeness (QED) is 0.454. The highest BCUT2D eigenvalue weighted by molar-refractivity contribution is 5.99. The molecule has 1 amide bonds. The van der Waals surface area contributed by atoms with Crippen LogP contribution in [0.3, 0.4) is 0 Å². The summed E-state index contributed by atoms with van der Waals surface area (Å²) in [6, 6.07) is 17.9. The van der Waals surface area contributed by atoms with Gasteiger partial charge < -0.3 is 5.32 Å². The van der Waals surface area contributed by atoms with Gasteiger partial charge in [-0.3, -0.25) is 4.79 Å². The number of nitrogens with one attached hydrogen (secondary N) is 1. The minimum Gasteiger partial charge on any atom is -0.348 e. The van der Waals surface area contributed by atoms with E-state index in [9.17, 15) is 9.18 Å². The van der Waals surface area contributed by atoms with E-state index in [0.29, 0.717) is 17.0 Å². The van der Waals surface area contributed by atoms with Crippen molar-refractivity contribution in [3.05, 3.63) is 77.7 Å². The second-order valence-corrected chi connectivity index (χ2v) is 7.79. The van der Waals surface area contributed by atoms with E-state index in [-0.39, 0.29) is 17.8 Å². The van der Waals surface area contributed by atoms with Gasteiger partial charge in [-0.15, -0.1) is 0 Å². The third-order valence-corrected chi connectivity index (χ3v) is 5.27. The summed E-state index contributed by atoms with van der Waals surface area (Å²) in [6.45, 7) is 6.01. The van der Waals surface area contributed by atoms with Crippen molar-refractivity contribution in [2.75, 3.05) is 0 Å². The van der Waals surface area contributed by atoms with Gasteiger partial charge in [-0.05, 0) is 50.1 Å². The molecular weight excluding hydrogens is 391 g/mol. The zero-order valence-electron chi connectivity index (χ0n) is 17.9. The van der Waals surface area contributed by atoms with Crippen molar-refractivity contribution in [2.45, 2.75) is 39.7 Å². The smallest absolute Gasteiger partial charge is 0.270 e. The predicted molar refractivity (Wildman–Crippen MR) is 121 cm³/mol. The number of carbonyl (C=O) groups excluding carboxylic acids is 1. The van der Waals surface area contributed by atoms with Gasteiger partial charge in [0.1, 0.15) is 17.2 Å². The van der Waals surface area contributed by atoms with E-state index in [4.69, 9.17) is 5.10 Å². The number of nitrogens with zero attached hydrogens (tertiary/aromatic N) is 3. The second kappa shape index (κ2) is 8.68. The fourth-order valence-electron chi connectivity index (χ4n) is 3.80. The first-order chi connectivity index (χ1) is 15.0. The summed E-state index contributed by atoms with van der Waals surface area (Å²) in [5.41, 5.74) is 3.97. The molecule has 2 aromatic heterocycles. The van der Waals surface area contributed by atoms with Crippen LogP contribution in [0.2, 0.25) is 0 Å². The molecule has 0 saturated heterocycles. The van der Waals surface area contributed by atoms with Gasteiger partial charge in [-0.2, -0.15) is 5.10 Å². The first-order valence-corrected chi connectivity index (χ1v) is 10.5. The summed E-state index contributed by atoms with van der Waals surface area (Å²) in [7, 11) is 0. The molecule has 158 valence electrons. The molecule has 0 aliphatic rings. The Kier molecular flexibility index (Phi) is 5.80. The zero-order valence-corrected chi connectivity index (χ0v) is 17.9. The molecule has 2 aromatic carbocycles. The van der Waals surface area contributed by atoms with Crippen LogP contribution >= 0.6 is 0 Å². The number of hydrogen-bond acceptors (Lipinski definition) is 3. The number of aryl methyl sites for hydroxylation is 1. The SMILES string of the molecule is CCC[C@H](C)NC(=O)c1cc(C)c2c(-c3ccccc3)nn(-c3cccc(F)c3)c2n1. The fraction of sp³-hybridized carbons (Fsp3) is 0.240. The lowest BCUT2D eigenvalue weighted by Gasteiger charge is -2.13. The van der Waals surface area contributed by atoms with Crippen molar-refractivity contribution in [3.63, 3.8) is 0 Å². The molecule has 4 aromatic rings. The molecular formula is C25H25FN4O. The van der Waals surface area contributed by atoms with E-state index in [1.807, 2.05) is 44.2 Å². The van der Waals surface area contributed by atoms with Crippen LogP contribution in [0.15, 0.2) is 60.7 Å². The summed E-state index contributed by atoms with van der Waals surface area (Å²) in [5.74, 6) is -0.583. The Labute approximate surface area is 180 Å². The van der Waals surface area contributed by atoms with Crippen molar-refractivity contribution in [2.24, 2.45) is 0 Å². The summed E-state index contributed by atoms with van der Waals surface area (Å²) in [4.78, 5) is 17.5. The van der Waals surface area contributed by atoms with Crippen LogP contribution in [-0.2, 0) is 0 Å². The summed E-state index contributed by atoms with van der Waals surface area (Å²) < 4.78 is 15.6. The third kappa shape index (κ3) is 4.19. The van der Waals surface area contributed by atoms with Gasteiger partial charge in [-0.1, -0.05) is 49.7 Å². The molecule has 0 radical (unpaired) electrons. The molecule has 4 rings (SSSR count). The minimum atomic E-state index is -0.360. The van der Waals surface area contributed by atoms with Gasteiger partial charge in [0.2, 0.25) is 0 Å². The Hall–Kier alpha value is -3.54. The molecule has 0 saturated carbocycles. The number of carbonyl (C=O) groups is 1. The van der Waals surface area contributed by atoms with Crippen molar-refractivity contribution in [1.82, 2.24) is 20.1 Å². The van der Waals surface area contributed by atoms with Crippen LogP contribution in [0.25, 0.3) is 28.0 Å². The number of halogens is 1. The zero-order chi connectivity index (χ0) is 22.0. The lowest BCUT2D eigenvalue weighted by molar-refractivity contribution is 0.0933. The molecule has 0 aliphatic carbocycles. The molecule has 0 bridgehead atoms. The maximum Gasteiger partial charge on any atom is 0.270 e. The van der Waals surface area contributed by atoms with Crippen molar-refractivity contribution in [3.8, 4) is 16.9 Å². The van der Waals surface area contributed by atoms with E-state index >= 15 is 0 Å². The number of aromatic nitrogens is 3. The lowest BCUT2D eigenvalue weighted by atomic mass is 10.1. The molecule has 1 N–H and O–H groups in total. The van der Waals surface area contributed by atoms with Gasteiger partial charge >= 0.3 is 0 Å². The largest absolute Gasteiger partial charge is 0.348 e. The highest BCUT2D eigenvalue weighted by Crippen LogP contribution is 2.31. The highest BCUT2D eigenvalue weighted by atomic mass is 19.1. The van der Waals surface area contributed by atoms with E-state index in [2.05, 4.69) is 17.2 Å². The number of rotatable bonds is 6. The van der Waals surface area contributed by atoms with Crippen LogP contribution in [0.5, 0.6) is 0 Å². The topological polar surface area (TPSA) is 59.8 Å². The number of amides is 1. The van der Waals surface area contributed by atoms with E-state index < -0.39 is 0 Å². The summed E-state index contributed by atoms with van der Waals surface area (Å²) >= 11 is 0. The molecule has 1 atom stereocenters. The molecule has 2 heterocycles. The number of hydrogen-bond donors (Lipinski definition) is 1. The van der Waals surface area contributed by atoms with Crippen molar-refractivity contribution >= 4 is 16.9 Å². The van der Waals surface area contributed by atoms with Crippen molar-refractivity contribution in [1.29, 1.82) is 0 Å². The van der Waals surface area contributed by atoms with Gasteiger partial charge in [0, 0.05) is 11.6 Å². The monoisotopic (exact) mass is 416 g/mol. The van der Waals surface area contributed by atoms with Gasteiger partial charge in [-0.25, -0.2) is 14.1 Å².